The summed E-state index contributed by atoms with van der Waals surface area (Å²) in [6, 6.07) is 0. The molecule has 54 valence electrons. The van der Waals surface area contributed by atoms with Crippen LogP contribution in [-0.4, -0.2) is 29.4 Å². The average molecular weight is 148 g/mol. The van der Waals surface area contributed by atoms with E-state index >= 15 is 0 Å². The lowest BCUT2D eigenvalue weighted by atomic mass is 10.5. The number of hydrogen-bond acceptors (Lipinski definition) is 3. The number of ether oxygens (including phenoxy) is 1. The van der Waals surface area contributed by atoms with E-state index in [-0.39, 0.29) is 5.97 Å². The van der Waals surface area contributed by atoms with Gasteiger partial charge < -0.3 is 9.16 Å². The summed E-state index contributed by atoms with van der Waals surface area (Å²) in [5.41, 5.74) is 0. The van der Waals surface area contributed by atoms with Crippen molar-refractivity contribution in [1.29, 1.82) is 0 Å². The van der Waals surface area contributed by atoms with Crippen LogP contribution in [0.2, 0.25) is 6.55 Å². The highest BCUT2D eigenvalue weighted by Crippen LogP contribution is 1.84. The van der Waals surface area contributed by atoms with Crippen LogP contribution < -0.4 is 0 Å². The highest BCUT2D eigenvalue weighted by Gasteiger charge is 1.97. The third-order valence-corrected chi connectivity index (χ3v) is 1.43. The topological polar surface area (TPSA) is 35.5 Å². The number of methoxy groups -OCH3 is 1. The van der Waals surface area contributed by atoms with Gasteiger partial charge in [-0.1, -0.05) is 0 Å². The van der Waals surface area contributed by atoms with Crippen molar-refractivity contribution in [3.8, 4) is 0 Å². The first-order valence-corrected chi connectivity index (χ1v) is 4.95. The van der Waals surface area contributed by atoms with Gasteiger partial charge in [0.2, 0.25) is 9.76 Å². The zero-order valence-corrected chi connectivity index (χ0v) is 7.26. The molecule has 0 saturated carbocycles. The molecule has 0 aromatic rings. The Bertz CT molecular complexity index is 84.3. The molecule has 0 radical (unpaired) electrons. The second-order valence-electron chi connectivity index (χ2n) is 1.55. The first-order valence-electron chi connectivity index (χ1n) is 2.95. The highest BCUT2D eigenvalue weighted by atomic mass is 28.2. The van der Waals surface area contributed by atoms with Gasteiger partial charge in [0.25, 0.3) is 5.97 Å². The lowest BCUT2D eigenvalue weighted by molar-refractivity contribution is -0.135. The maximum atomic E-state index is 10.5. The van der Waals surface area contributed by atoms with Gasteiger partial charge in [-0.15, -0.1) is 0 Å². The molecule has 0 fully saturated rings. The summed E-state index contributed by atoms with van der Waals surface area (Å²) in [6.07, 6.45) is 0.386. The second-order valence-corrected chi connectivity index (χ2v) is 2.41. The average Bonchev–Trinajstić information content (AvgIpc) is 1.85. The van der Waals surface area contributed by atoms with E-state index in [1.807, 2.05) is 6.55 Å². The minimum atomic E-state index is -0.567. The largest absolute Gasteiger partial charge is 0.525 e. The monoisotopic (exact) mass is 148 g/mol. The smallest absolute Gasteiger partial charge is 0.294 e. The van der Waals surface area contributed by atoms with Crippen LogP contribution in [0, 0.1) is 0 Å². The summed E-state index contributed by atoms with van der Waals surface area (Å²) in [5.74, 6) is -0.133. The molecule has 0 aliphatic carbocycles. The van der Waals surface area contributed by atoms with Crippen molar-refractivity contribution in [2.24, 2.45) is 0 Å². The van der Waals surface area contributed by atoms with E-state index < -0.39 is 9.76 Å². The Labute approximate surface area is 57.3 Å². The van der Waals surface area contributed by atoms with Gasteiger partial charge in [0.05, 0.1) is 13.0 Å². The van der Waals surface area contributed by atoms with Crippen LogP contribution >= 0.6 is 0 Å². The van der Waals surface area contributed by atoms with Gasteiger partial charge in [0.1, 0.15) is 0 Å². The van der Waals surface area contributed by atoms with Gasteiger partial charge in [-0.3, -0.25) is 4.79 Å². The number of carbonyl (C=O) groups is 1. The Hall–Kier alpha value is -0.353. The molecule has 0 rings (SSSR count). The molecule has 0 aliphatic heterocycles. The molecule has 0 heterocycles. The van der Waals surface area contributed by atoms with Gasteiger partial charge >= 0.3 is 0 Å². The minimum Gasteiger partial charge on any atom is -0.525 e. The lowest BCUT2D eigenvalue weighted by Gasteiger charge is -1.99. The molecule has 0 amide bonds. The first kappa shape index (κ1) is 8.65. The standard InChI is InChI=1S/C5H12O3Si/c1-7-4-3-5(6)8-9-2/h3-4,9H2,1-2H3. The molecule has 0 saturated heterocycles. The van der Waals surface area contributed by atoms with E-state index in [2.05, 4.69) is 4.74 Å². The second kappa shape index (κ2) is 5.78. The minimum absolute atomic E-state index is 0.133. The lowest BCUT2D eigenvalue weighted by Crippen LogP contribution is -2.08. The van der Waals surface area contributed by atoms with E-state index in [9.17, 15) is 4.79 Å². The molecular formula is C5H12O3Si. The molecule has 0 aliphatic rings. The summed E-state index contributed by atoms with van der Waals surface area (Å²) in [6.45, 7) is 2.39. The molecule has 0 aromatic carbocycles. The number of hydrogen-bond donors (Lipinski definition) is 0. The Morgan fingerprint density at radius 2 is 2.33 bits per heavy atom. The normalized spacial score (nSPS) is 10.4. The number of carbonyl (C=O) groups excluding carboxylic acids is 1. The fourth-order valence-corrected chi connectivity index (χ4v) is 0.885. The summed E-state index contributed by atoms with van der Waals surface area (Å²) in [7, 11) is 1.000. The third kappa shape index (κ3) is 5.52. The Kier molecular flexibility index (Phi) is 5.55. The Balaban J connectivity index is 3.06. The van der Waals surface area contributed by atoms with Crippen molar-refractivity contribution in [3.63, 3.8) is 0 Å². The molecule has 0 aromatic heterocycles. The fourth-order valence-electron chi connectivity index (χ4n) is 0.419. The van der Waals surface area contributed by atoms with Crippen LogP contribution in [0.5, 0.6) is 0 Å². The van der Waals surface area contributed by atoms with E-state index in [4.69, 9.17) is 4.43 Å². The van der Waals surface area contributed by atoms with Crippen molar-refractivity contribution in [3.05, 3.63) is 0 Å². The quantitative estimate of drug-likeness (QED) is 0.513. The van der Waals surface area contributed by atoms with Crippen LogP contribution in [0.25, 0.3) is 0 Å². The van der Waals surface area contributed by atoms with E-state index in [1.165, 1.54) is 0 Å². The molecule has 0 atom stereocenters. The van der Waals surface area contributed by atoms with Gasteiger partial charge in [-0.05, 0) is 6.55 Å². The van der Waals surface area contributed by atoms with Crippen molar-refractivity contribution < 1.29 is 14.0 Å². The van der Waals surface area contributed by atoms with Crippen molar-refractivity contribution in [2.75, 3.05) is 13.7 Å². The maximum absolute atomic E-state index is 10.5. The van der Waals surface area contributed by atoms with Crippen LogP contribution in [0.1, 0.15) is 6.42 Å². The summed E-state index contributed by atoms with van der Waals surface area (Å²) in [5, 5.41) is 0. The highest BCUT2D eigenvalue weighted by molar-refractivity contribution is 6.28. The van der Waals surface area contributed by atoms with E-state index in [0.717, 1.165) is 0 Å². The van der Waals surface area contributed by atoms with Crippen molar-refractivity contribution >= 4 is 15.7 Å². The fraction of sp³-hybridized carbons (Fsp3) is 0.800. The molecular weight excluding hydrogens is 136 g/mol. The van der Waals surface area contributed by atoms with Gasteiger partial charge in [-0.2, -0.15) is 0 Å². The predicted molar refractivity (Wildman–Crippen MR) is 37.0 cm³/mol. The number of rotatable bonds is 4. The van der Waals surface area contributed by atoms with Gasteiger partial charge in [0.15, 0.2) is 0 Å². The Morgan fingerprint density at radius 3 is 2.78 bits per heavy atom. The van der Waals surface area contributed by atoms with E-state index in [1.54, 1.807) is 7.11 Å². The molecule has 3 nitrogen and oxygen atoms in total. The third-order valence-electron chi connectivity index (χ3n) is 0.816. The van der Waals surface area contributed by atoms with Crippen LogP contribution in [-0.2, 0) is 14.0 Å². The molecule has 0 spiro atoms. The van der Waals surface area contributed by atoms with Gasteiger partial charge in [0, 0.05) is 7.11 Å². The zero-order valence-electron chi connectivity index (χ0n) is 5.85. The predicted octanol–water partition coefficient (Wildman–Crippen LogP) is -0.302. The van der Waals surface area contributed by atoms with Crippen LogP contribution in [0.15, 0.2) is 0 Å². The zero-order chi connectivity index (χ0) is 7.11. The Morgan fingerprint density at radius 1 is 1.67 bits per heavy atom. The first-order chi connectivity index (χ1) is 4.31. The molecule has 9 heavy (non-hydrogen) atoms. The SMILES string of the molecule is COCCC(=O)O[SiH2]C. The molecule has 0 unspecified atom stereocenters. The molecule has 0 bridgehead atoms. The maximum Gasteiger partial charge on any atom is 0.294 e. The summed E-state index contributed by atoms with van der Waals surface area (Å²) >= 11 is 0. The molecule has 0 N–H and O–H groups in total. The van der Waals surface area contributed by atoms with Gasteiger partial charge in [-0.25, -0.2) is 0 Å². The summed E-state index contributed by atoms with van der Waals surface area (Å²) < 4.78 is 9.44. The van der Waals surface area contributed by atoms with Crippen molar-refractivity contribution in [2.45, 2.75) is 13.0 Å². The van der Waals surface area contributed by atoms with Crippen molar-refractivity contribution in [1.82, 2.24) is 0 Å². The summed E-state index contributed by atoms with van der Waals surface area (Å²) in [4.78, 5) is 10.5. The van der Waals surface area contributed by atoms with E-state index in [0.29, 0.717) is 13.0 Å². The van der Waals surface area contributed by atoms with Crippen LogP contribution in [0.4, 0.5) is 0 Å². The van der Waals surface area contributed by atoms with Crippen LogP contribution in [0.3, 0.4) is 0 Å². The molecule has 4 heteroatoms.